The Morgan fingerprint density at radius 2 is 1.76 bits per heavy atom. The van der Waals surface area contributed by atoms with Crippen LogP contribution in [0.15, 0.2) is 48.5 Å². The molecule has 7 nitrogen and oxygen atoms in total. The van der Waals surface area contributed by atoms with Gasteiger partial charge in [-0.15, -0.1) is 0 Å². The Bertz CT molecular complexity index is 960. The number of nitrogens with one attached hydrogen (secondary N) is 1. The molecule has 0 aromatic heterocycles. The van der Waals surface area contributed by atoms with Gasteiger partial charge in [0, 0.05) is 24.5 Å². The van der Waals surface area contributed by atoms with E-state index in [9.17, 15) is 17.6 Å². The number of anilines is 3. The van der Waals surface area contributed by atoms with Gasteiger partial charge in [0.05, 0.1) is 25.2 Å². The highest BCUT2D eigenvalue weighted by Crippen LogP contribution is 2.25. The lowest BCUT2D eigenvalue weighted by molar-refractivity contribution is -0.116. The summed E-state index contributed by atoms with van der Waals surface area (Å²) in [7, 11) is -3.88. The van der Waals surface area contributed by atoms with Crippen LogP contribution in [-0.2, 0) is 19.6 Å². The molecule has 1 heterocycles. The van der Waals surface area contributed by atoms with E-state index in [-0.39, 0.29) is 5.69 Å². The normalized spacial score (nSPS) is 15.6. The molecule has 0 spiro atoms. The summed E-state index contributed by atoms with van der Waals surface area (Å²) >= 11 is 0. The minimum atomic E-state index is -3.88. The zero-order valence-electron chi connectivity index (χ0n) is 16.3. The van der Waals surface area contributed by atoms with E-state index in [1.165, 1.54) is 25.1 Å². The van der Waals surface area contributed by atoms with Crippen LogP contribution in [0.4, 0.5) is 21.5 Å². The Morgan fingerprint density at radius 1 is 1.14 bits per heavy atom. The Kier molecular flexibility index (Phi) is 6.39. The maximum atomic E-state index is 14.2. The number of carbonyl (C=O) groups is 1. The maximum Gasteiger partial charge on any atom is 0.247 e. The zero-order valence-corrected chi connectivity index (χ0v) is 17.2. The lowest BCUT2D eigenvalue weighted by Gasteiger charge is -2.29. The molecule has 0 bridgehead atoms. The molecule has 0 saturated carbocycles. The van der Waals surface area contributed by atoms with Gasteiger partial charge in [0.15, 0.2) is 0 Å². The van der Waals surface area contributed by atoms with Crippen molar-refractivity contribution >= 4 is 33.0 Å². The van der Waals surface area contributed by atoms with Gasteiger partial charge in [-0.3, -0.25) is 9.10 Å². The predicted octanol–water partition coefficient (Wildman–Crippen LogP) is 2.46. The average Bonchev–Trinajstić information content (AvgIpc) is 2.70. The van der Waals surface area contributed by atoms with Crippen molar-refractivity contribution in [3.8, 4) is 0 Å². The summed E-state index contributed by atoms with van der Waals surface area (Å²) < 4.78 is 44.9. The van der Waals surface area contributed by atoms with Crippen LogP contribution in [0.25, 0.3) is 0 Å². The number of halogens is 1. The summed E-state index contributed by atoms with van der Waals surface area (Å²) in [6.07, 6.45) is 0.945. The van der Waals surface area contributed by atoms with Crippen molar-refractivity contribution in [1.29, 1.82) is 0 Å². The molecular weight excluding hydrogens is 397 g/mol. The van der Waals surface area contributed by atoms with Gasteiger partial charge in [-0.05, 0) is 43.3 Å². The molecule has 9 heteroatoms. The number of hydrogen-bond acceptors (Lipinski definition) is 5. The topological polar surface area (TPSA) is 79.0 Å². The van der Waals surface area contributed by atoms with Gasteiger partial charge >= 0.3 is 0 Å². The summed E-state index contributed by atoms with van der Waals surface area (Å²) in [6, 6.07) is 11.6. The van der Waals surface area contributed by atoms with E-state index in [1.54, 1.807) is 12.1 Å². The van der Waals surface area contributed by atoms with Crippen molar-refractivity contribution < 1.29 is 22.3 Å². The second-order valence-electron chi connectivity index (χ2n) is 6.82. The molecular formula is C20H24FN3O4S. The summed E-state index contributed by atoms with van der Waals surface area (Å²) in [5, 5.41) is 2.70. The number of amides is 1. The van der Waals surface area contributed by atoms with Gasteiger partial charge in [0.1, 0.15) is 11.9 Å². The van der Waals surface area contributed by atoms with Crippen LogP contribution < -0.4 is 14.5 Å². The number of carbonyl (C=O) groups excluding carboxylic acids is 1. The number of hydrogen-bond donors (Lipinski definition) is 1. The van der Waals surface area contributed by atoms with Crippen molar-refractivity contribution in [3.63, 3.8) is 0 Å². The van der Waals surface area contributed by atoms with Crippen molar-refractivity contribution in [2.75, 3.05) is 47.1 Å². The van der Waals surface area contributed by atoms with Crippen molar-refractivity contribution in [2.24, 2.45) is 0 Å². The molecule has 0 radical (unpaired) electrons. The molecule has 1 atom stereocenters. The minimum Gasteiger partial charge on any atom is -0.378 e. The third kappa shape index (κ3) is 5.04. The number of benzene rings is 2. The second kappa shape index (κ2) is 8.79. The highest BCUT2D eigenvalue weighted by Gasteiger charge is 2.31. The fourth-order valence-corrected chi connectivity index (χ4v) is 4.41. The van der Waals surface area contributed by atoms with Crippen LogP contribution >= 0.6 is 0 Å². The van der Waals surface area contributed by atoms with E-state index in [2.05, 4.69) is 10.2 Å². The number of rotatable bonds is 6. The second-order valence-corrected chi connectivity index (χ2v) is 8.68. The molecule has 1 aliphatic heterocycles. The van der Waals surface area contributed by atoms with Crippen LogP contribution in [0.2, 0.25) is 0 Å². The van der Waals surface area contributed by atoms with E-state index >= 15 is 0 Å². The van der Waals surface area contributed by atoms with E-state index in [4.69, 9.17) is 4.74 Å². The van der Waals surface area contributed by atoms with Gasteiger partial charge < -0.3 is 15.0 Å². The zero-order chi connectivity index (χ0) is 21.0. The van der Waals surface area contributed by atoms with E-state index in [0.717, 1.165) is 35.4 Å². The first-order valence-corrected chi connectivity index (χ1v) is 11.1. The Morgan fingerprint density at radius 3 is 2.34 bits per heavy atom. The van der Waals surface area contributed by atoms with Crippen molar-refractivity contribution in [2.45, 2.75) is 13.0 Å². The average molecular weight is 421 g/mol. The molecule has 2 aromatic carbocycles. The molecule has 1 amide bonds. The number of morpholine rings is 1. The van der Waals surface area contributed by atoms with E-state index in [1.807, 2.05) is 12.1 Å². The van der Waals surface area contributed by atoms with Crippen molar-refractivity contribution in [3.05, 3.63) is 54.3 Å². The predicted molar refractivity (Wildman–Crippen MR) is 111 cm³/mol. The Hall–Kier alpha value is -2.65. The summed E-state index contributed by atoms with van der Waals surface area (Å²) in [4.78, 5) is 14.9. The Labute approximate surface area is 170 Å². The number of nitrogens with zero attached hydrogens (tertiary/aromatic N) is 2. The summed E-state index contributed by atoms with van der Waals surface area (Å²) in [5.41, 5.74) is 1.38. The molecule has 2 aromatic rings. The number of ether oxygens (including phenoxy) is 1. The van der Waals surface area contributed by atoms with Gasteiger partial charge in [0.25, 0.3) is 0 Å². The highest BCUT2D eigenvalue weighted by atomic mass is 32.2. The molecule has 0 aliphatic carbocycles. The quantitative estimate of drug-likeness (QED) is 0.775. The highest BCUT2D eigenvalue weighted by molar-refractivity contribution is 7.92. The van der Waals surface area contributed by atoms with Crippen LogP contribution in [0, 0.1) is 5.82 Å². The molecule has 1 N–H and O–H groups in total. The van der Waals surface area contributed by atoms with Gasteiger partial charge in [-0.1, -0.05) is 12.1 Å². The molecule has 156 valence electrons. The van der Waals surface area contributed by atoms with Crippen LogP contribution in [-0.4, -0.2) is 52.9 Å². The van der Waals surface area contributed by atoms with Crippen LogP contribution in [0.1, 0.15) is 6.92 Å². The molecule has 1 aliphatic rings. The first kappa shape index (κ1) is 21.1. The van der Waals surface area contributed by atoms with Gasteiger partial charge in [-0.25, -0.2) is 12.8 Å². The molecule has 1 fully saturated rings. The summed E-state index contributed by atoms with van der Waals surface area (Å²) in [6.45, 7) is 4.37. The van der Waals surface area contributed by atoms with E-state index < -0.39 is 27.8 Å². The summed E-state index contributed by atoms with van der Waals surface area (Å²) in [5.74, 6) is -1.27. The first-order chi connectivity index (χ1) is 13.8. The lowest BCUT2D eigenvalue weighted by atomic mass is 10.2. The SMILES string of the molecule is C[C@@H](C(=O)Nc1ccc(N2CCOCC2)cc1)N(c1ccccc1F)S(C)(=O)=O. The smallest absolute Gasteiger partial charge is 0.247 e. The number of para-hydroxylation sites is 1. The van der Waals surface area contributed by atoms with Gasteiger partial charge in [0.2, 0.25) is 15.9 Å². The minimum absolute atomic E-state index is 0.166. The Balaban J connectivity index is 1.75. The first-order valence-electron chi connectivity index (χ1n) is 9.25. The maximum absolute atomic E-state index is 14.2. The molecule has 1 saturated heterocycles. The van der Waals surface area contributed by atoms with Gasteiger partial charge in [-0.2, -0.15) is 0 Å². The third-order valence-electron chi connectivity index (χ3n) is 4.69. The monoisotopic (exact) mass is 421 g/mol. The fraction of sp³-hybridized carbons (Fsp3) is 0.350. The van der Waals surface area contributed by atoms with E-state index in [0.29, 0.717) is 18.9 Å². The van der Waals surface area contributed by atoms with Crippen molar-refractivity contribution in [1.82, 2.24) is 0 Å². The number of sulfonamides is 1. The van der Waals surface area contributed by atoms with Crippen LogP contribution in [0.3, 0.4) is 0 Å². The lowest BCUT2D eigenvalue weighted by Crippen LogP contribution is -2.45. The standard InChI is InChI=1S/C20H24FN3O4S/c1-15(24(29(2,26)27)19-6-4-3-5-18(19)21)20(25)22-16-7-9-17(10-8-16)23-11-13-28-14-12-23/h3-10,15H,11-14H2,1-2H3,(H,22,25)/t15-/m0/s1. The third-order valence-corrected chi connectivity index (χ3v) is 5.92. The largest absolute Gasteiger partial charge is 0.378 e. The fourth-order valence-electron chi connectivity index (χ4n) is 3.24. The van der Waals surface area contributed by atoms with Crippen LogP contribution in [0.5, 0.6) is 0 Å². The molecule has 0 unspecified atom stereocenters. The molecule has 3 rings (SSSR count). The molecule has 29 heavy (non-hydrogen) atoms.